The van der Waals surface area contributed by atoms with Crippen molar-refractivity contribution in [2.75, 3.05) is 0 Å². The van der Waals surface area contributed by atoms with E-state index in [4.69, 9.17) is 4.98 Å². The maximum atomic E-state index is 9.83. The molecular formula is C42H26N4. The lowest BCUT2D eigenvalue weighted by atomic mass is 10.1. The van der Waals surface area contributed by atoms with E-state index in [0.717, 1.165) is 66.7 Å². The number of benzene rings is 6. The van der Waals surface area contributed by atoms with Gasteiger partial charge in [0.25, 0.3) is 0 Å². The molecule has 0 spiro atoms. The Kier molecular flexibility index (Phi) is 5.84. The van der Waals surface area contributed by atoms with Crippen LogP contribution in [0.25, 0.3) is 77.5 Å². The molecule has 4 heteroatoms. The van der Waals surface area contributed by atoms with Crippen molar-refractivity contribution in [2.45, 2.75) is 0 Å². The van der Waals surface area contributed by atoms with Crippen molar-refractivity contribution < 1.29 is 0 Å². The largest absolute Gasteiger partial charge is 0.307 e. The summed E-state index contributed by atoms with van der Waals surface area (Å²) in [7, 11) is 0. The third-order valence-electron chi connectivity index (χ3n) is 8.91. The molecule has 3 aromatic heterocycles. The zero-order valence-electron chi connectivity index (χ0n) is 24.8. The molecule has 46 heavy (non-hydrogen) atoms. The number of nitriles is 1. The number of hydrogen-bond acceptors (Lipinski definition) is 2. The highest BCUT2D eigenvalue weighted by Gasteiger charge is 2.22. The molecule has 0 bridgehead atoms. The lowest BCUT2D eigenvalue weighted by Crippen LogP contribution is -2.00. The van der Waals surface area contributed by atoms with E-state index in [9.17, 15) is 5.26 Å². The zero-order chi connectivity index (χ0) is 30.6. The van der Waals surface area contributed by atoms with Crippen LogP contribution in [0.4, 0.5) is 0 Å². The van der Waals surface area contributed by atoms with Gasteiger partial charge in [0.2, 0.25) is 0 Å². The molecular weight excluding hydrogens is 560 g/mol. The van der Waals surface area contributed by atoms with Crippen LogP contribution in [-0.2, 0) is 0 Å². The molecule has 6 aromatic carbocycles. The van der Waals surface area contributed by atoms with Crippen LogP contribution in [0, 0.1) is 11.3 Å². The third-order valence-corrected chi connectivity index (χ3v) is 8.91. The Hall–Kier alpha value is -6.44. The molecule has 0 unspecified atom stereocenters. The molecule has 0 radical (unpaired) electrons. The fourth-order valence-corrected chi connectivity index (χ4v) is 6.89. The highest BCUT2D eigenvalue weighted by Crippen LogP contribution is 2.42. The van der Waals surface area contributed by atoms with Crippen LogP contribution in [0.15, 0.2) is 158 Å². The Morgan fingerprint density at radius 1 is 0.435 bits per heavy atom. The zero-order valence-corrected chi connectivity index (χ0v) is 24.8. The van der Waals surface area contributed by atoms with Crippen molar-refractivity contribution in [1.82, 2.24) is 14.1 Å². The molecule has 0 aliphatic carbocycles. The number of rotatable bonds is 4. The van der Waals surface area contributed by atoms with Gasteiger partial charge in [-0.2, -0.15) is 5.26 Å². The van der Waals surface area contributed by atoms with Crippen LogP contribution in [0.3, 0.4) is 0 Å². The molecule has 0 saturated heterocycles. The van der Waals surface area contributed by atoms with Crippen molar-refractivity contribution in [3.05, 3.63) is 163 Å². The van der Waals surface area contributed by atoms with Gasteiger partial charge in [-0.05, 0) is 48.5 Å². The van der Waals surface area contributed by atoms with E-state index >= 15 is 0 Å². The van der Waals surface area contributed by atoms with Gasteiger partial charge >= 0.3 is 0 Å². The summed E-state index contributed by atoms with van der Waals surface area (Å²) in [6.45, 7) is 0. The number of nitrogens with zero attached hydrogens (tertiary/aromatic N) is 4. The Bertz CT molecular complexity index is 2570. The highest BCUT2D eigenvalue weighted by molar-refractivity contribution is 6.24. The van der Waals surface area contributed by atoms with Crippen LogP contribution >= 0.6 is 0 Å². The van der Waals surface area contributed by atoms with Gasteiger partial charge in [-0.25, -0.2) is 4.98 Å². The fraction of sp³-hybridized carbons (Fsp3) is 0. The summed E-state index contributed by atoms with van der Waals surface area (Å²) in [6.07, 6.45) is 0. The van der Waals surface area contributed by atoms with Crippen LogP contribution in [-0.4, -0.2) is 14.1 Å². The van der Waals surface area contributed by atoms with Crippen molar-refractivity contribution in [3.8, 4) is 40.0 Å². The smallest absolute Gasteiger partial charge is 0.0991 e. The number of hydrogen-bond donors (Lipinski definition) is 0. The van der Waals surface area contributed by atoms with Gasteiger partial charge in [-0.3, -0.25) is 0 Å². The van der Waals surface area contributed by atoms with Gasteiger partial charge in [-0.15, -0.1) is 0 Å². The van der Waals surface area contributed by atoms with E-state index in [1.165, 1.54) is 10.8 Å². The first-order valence-corrected chi connectivity index (χ1v) is 15.4. The van der Waals surface area contributed by atoms with E-state index in [0.29, 0.717) is 5.56 Å². The Labute approximate surface area is 265 Å². The highest BCUT2D eigenvalue weighted by atomic mass is 15.0. The first kappa shape index (κ1) is 26.0. The molecule has 9 aromatic rings. The quantitative estimate of drug-likeness (QED) is 0.206. The average molecular weight is 587 g/mol. The first-order chi connectivity index (χ1) is 22.8. The minimum absolute atomic E-state index is 0.648. The standard InChI is InChI=1S/C42H26N4/c43-27-28-20-23-40-36(24-28)35-22-21-34-33-18-10-11-19-39(33)46(41(34)42(35)45(40)31-16-8-3-9-17-31)32-25-37(29-12-4-1-5-13-29)44-38(26-32)30-14-6-2-7-15-30/h1-26H. The SMILES string of the molecule is N#Cc1ccc2c(c1)c1ccc3c4ccccc4n(-c4cc(-c5ccccc5)nc(-c5ccccc5)c4)c3c1n2-c1ccccc1. The number of aromatic nitrogens is 3. The summed E-state index contributed by atoms with van der Waals surface area (Å²) < 4.78 is 4.75. The summed E-state index contributed by atoms with van der Waals surface area (Å²) in [6, 6.07) is 57.1. The summed E-state index contributed by atoms with van der Waals surface area (Å²) in [5, 5.41) is 14.3. The van der Waals surface area contributed by atoms with Crippen molar-refractivity contribution in [3.63, 3.8) is 0 Å². The fourth-order valence-electron chi connectivity index (χ4n) is 6.89. The van der Waals surface area contributed by atoms with E-state index < -0.39 is 0 Å². The molecule has 0 N–H and O–H groups in total. The average Bonchev–Trinajstić information content (AvgIpc) is 3.65. The predicted molar refractivity (Wildman–Crippen MR) is 189 cm³/mol. The number of fused-ring (bicyclic) bond motifs is 7. The normalized spacial score (nSPS) is 11.5. The maximum absolute atomic E-state index is 9.83. The lowest BCUT2D eigenvalue weighted by Gasteiger charge is -2.15. The Balaban J connectivity index is 1.48. The second kappa shape index (κ2) is 10.3. The first-order valence-electron chi connectivity index (χ1n) is 15.4. The predicted octanol–water partition coefficient (Wildman–Crippen LogP) is 10.5. The van der Waals surface area contributed by atoms with Crippen LogP contribution in [0.2, 0.25) is 0 Å². The second-order valence-electron chi connectivity index (χ2n) is 11.6. The summed E-state index contributed by atoms with van der Waals surface area (Å²) >= 11 is 0. The topological polar surface area (TPSA) is 46.5 Å². The molecule has 0 aliphatic heterocycles. The summed E-state index contributed by atoms with van der Waals surface area (Å²) in [5.74, 6) is 0. The second-order valence-corrected chi connectivity index (χ2v) is 11.6. The van der Waals surface area contributed by atoms with Gasteiger partial charge in [-0.1, -0.05) is 109 Å². The monoisotopic (exact) mass is 586 g/mol. The maximum Gasteiger partial charge on any atom is 0.0991 e. The molecule has 0 amide bonds. The minimum Gasteiger partial charge on any atom is -0.307 e. The molecule has 4 nitrogen and oxygen atoms in total. The van der Waals surface area contributed by atoms with Crippen LogP contribution in [0.5, 0.6) is 0 Å². The van der Waals surface area contributed by atoms with Crippen molar-refractivity contribution in [1.29, 1.82) is 5.26 Å². The van der Waals surface area contributed by atoms with E-state index in [2.05, 4.69) is 143 Å². The van der Waals surface area contributed by atoms with E-state index in [1.54, 1.807) is 0 Å². The summed E-state index contributed by atoms with van der Waals surface area (Å²) in [5.41, 5.74) is 11.1. The lowest BCUT2D eigenvalue weighted by molar-refractivity contribution is 1.14. The number of pyridine rings is 1. The molecule has 0 fully saturated rings. The van der Waals surface area contributed by atoms with Gasteiger partial charge in [0.05, 0.1) is 50.8 Å². The molecule has 214 valence electrons. The molecule has 0 aliphatic rings. The molecule has 9 rings (SSSR count). The van der Waals surface area contributed by atoms with E-state index in [-0.39, 0.29) is 0 Å². The summed E-state index contributed by atoms with van der Waals surface area (Å²) in [4.78, 5) is 5.18. The van der Waals surface area contributed by atoms with Gasteiger partial charge in [0.1, 0.15) is 0 Å². The Morgan fingerprint density at radius 3 is 1.59 bits per heavy atom. The van der Waals surface area contributed by atoms with Gasteiger partial charge < -0.3 is 9.13 Å². The molecule has 0 atom stereocenters. The van der Waals surface area contributed by atoms with Gasteiger partial charge in [0.15, 0.2) is 0 Å². The van der Waals surface area contributed by atoms with Crippen LogP contribution in [0.1, 0.15) is 5.56 Å². The Morgan fingerprint density at radius 2 is 0.957 bits per heavy atom. The number of para-hydroxylation sites is 2. The van der Waals surface area contributed by atoms with Gasteiger partial charge in [0, 0.05) is 38.4 Å². The van der Waals surface area contributed by atoms with E-state index in [1.807, 2.05) is 30.3 Å². The minimum atomic E-state index is 0.648. The third kappa shape index (κ3) is 3.96. The molecule has 3 heterocycles. The molecule has 0 saturated carbocycles. The van der Waals surface area contributed by atoms with Crippen molar-refractivity contribution in [2.24, 2.45) is 0 Å². The van der Waals surface area contributed by atoms with Crippen LogP contribution < -0.4 is 0 Å². The van der Waals surface area contributed by atoms with Crippen molar-refractivity contribution >= 4 is 43.6 Å².